The number of ketones is 1. The molecule has 2 heterocycles. The van der Waals surface area contributed by atoms with E-state index in [9.17, 15) is 13.2 Å². The number of Topliss-reactive ketones (excluding diaryl/α,β-unsaturated/α-hetero) is 1. The van der Waals surface area contributed by atoms with Gasteiger partial charge in [0.2, 0.25) is 5.78 Å². The minimum Gasteiger partial charge on any atom is -0.379 e. The quantitative estimate of drug-likeness (QED) is 0.744. The molecular weight excluding hydrogens is 337 g/mol. The number of aromatic nitrogens is 1. The first-order valence-electron chi connectivity index (χ1n) is 5.77. The molecule has 0 radical (unpaired) electrons. The van der Waals surface area contributed by atoms with Crippen molar-refractivity contribution >= 4 is 39.1 Å². The average Bonchev–Trinajstić information content (AvgIpc) is 2.40. The number of nitrogens with zero attached hydrogens (tertiary/aromatic N) is 1. The number of carbonyl (C=O) groups is 1. The van der Waals surface area contributed by atoms with Crippen LogP contribution in [-0.2, 0) is 10.1 Å². The van der Waals surface area contributed by atoms with E-state index in [1.165, 1.54) is 36.5 Å². The molecule has 1 unspecified atom stereocenters. The highest BCUT2D eigenvalue weighted by molar-refractivity contribution is 7.88. The van der Waals surface area contributed by atoms with Crippen LogP contribution in [-0.4, -0.2) is 19.2 Å². The van der Waals surface area contributed by atoms with E-state index in [2.05, 4.69) is 4.98 Å². The summed E-state index contributed by atoms with van der Waals surface area (Å²) in [5.41, 5.74) is 0.0747. The Hall–Kier alpha value is -1.63. The van der Waals surface area contributed by atoms with Crippen LogP contribution >= 0.6 is 23.2 Å². The highest BCUT2D eigenvalue weighted by atomic mass is 35.5. The van der Waals surface area contributed by atoms with Gasteiger partial charge in [0.25, 0.3) is 0 Å². The molecule has 21 heavy (non-hydrogen) atoms. The summed E-state index contributed by atoms with van der Waals surface area (Å²) in [5, 5.41) is -1.14. The van der Waals surface area contributed by atoms with Gasteiger partial charge in [-0.05, 0) is 24.3 Å². The Bertz CT molecular complexity index is 851. The number of benzene rings is 1. The molecule has 108 valence electrons. The molecule has 0 bridgehead atoms. The maximum Gasteiger partial charge on any atom is 0.324 e. The Balaban J connectivity index is 2.21. The van der Waals surface area contributed by atoms with Crippen LogP contribution in [0.4, 0.5) is 0 Å². The van der Waals surface area contributed by atoms with Gasteiger partial charge in [-0.1, -0.05) is 29.3 Å². The topological polar surface area (TPSA) is 73.3 Å². The summed E-state index contributed by atoms with van der Waals surface area (Å²) in [4.78, 5) is 16.3. The first kappa shape index (κ1) is 14.3. The van der Waals surface area contributed by atoms with Crippen LogP contribution in [0.3, 0.4) is 0 Å². The average molecular weight is 344 g/mol. The second kappa shape index (κ2) is 4.98. The van der Waals surface area contributed by atoms with Gasteiger partial charge in [0.05, 0.1) is 0 Å². The molecular formula is C13H7Cl2NO4S. The zero-order valence-corrected chi connectivity index (χ0v) is 12.6. The fraction of sp³-hybridized carbons (Fsp3) is 0.0769. The largest absolute Gasteiger partial charge is 0.379 e. The highest BCUT2D eigenvalue weighted by Gasteiger charge is 2.44. The Labute approximate surface area is 130 Å². The molecule has 0 N–H and O–H groups in total. The van der Waals surface area contributed by atoms with Crippen LogP contribution in [0.2, 0.25) is 10.0 Å². The number of halogens is 2. The van der Waals surface area contributed by atoms with E-state index >= 15 is 0 Å². The summed E-state index contributed by atoms with van der Waals surface area (Å²) < 4.78 is 29.4. The molecule has 1 aliphatic heterocycles. The molecule has 1 atom stereocenters. The second-order valence-corrected chi connectivity index (χ2v) is 6.80. The molecule has 0 saturated carbocycles. The molecule has 0 spiro atoms. The minimum absolute atomic E-state index is 0.0386. The van der Waals surface area contributed by atoms with Crippen molar-refractivity contribution < 1.29 is 17.4 Å². The van der Waals surface area contributed by atoms with Crippen molar-refractivity contribution in [1.82, 2.24) is 4.98 Å². The summed E-state index contributed by atoms with van der Waals surface area (Å²) >= 11 is 11.8. The first-order chi connectivity index (χ1) is 9.90. The Morgan fingerprint density at radius 3 is 2.67 bits per heavy atom. The van der Waals surface area contributed by atoms with E-state index < -0.39 is 21.2 Å². The lowest BCUT2D eigenvalue weighted by atomic mass is 10.1. The Kier molecular flexibility index (Phi) is 3.39. The minimum atomic E-state index is -4.19. The second-order valence-electron chi connectivity index (χ2n) is 4.34. The Morgan fingerprint density at radius 2 is 1.95 bits per heavy atom. The van der Waals surface area contributed by atoms with Gasteiger partial charge in [0, 0.05) is 21.8 Å². The fourth-order valence-electron chi connectivity index (χ4n) is 2.08. The summed E-state index contributed by atoms with van der Waals surface area (Å²) in [6, 6.07) is 7.07. The monoisotopic (exact) mass is 343 g/mol. The smallest absolute Gasteiger partial charge is 0.324 e. The summed E-state index contributed by atoms with van der Waals surface area (Å²) in [6.07, 6.45) is 1.39. The van der Waals surface area contributed by atoms with Crippen molar-refractivity contribution in [3.63, 3.8) is 0 Å². The van der Waals surface area contributed by atoms with E-state index in [0.717, 1.165) is 0 Å². The normalized spacial score (nSPS) is 19.7. The summed E-state index contributed by atoms with van der Waals surface area (Å²) in [6.45, 7) is 0. The van der Waals surface area contributed by atoms with Crippen molar-refractivity contribution in [2.75, 3.05) is 0 Å². The molecule has 2 aromatic rings. The molecule has 8 heteroatoms. The lowest BCUT2D eigenvalue weighted by Crippen LogP contribution is -2.32. The number of hydrogen-bond acceptors (Lipinski definition) is 5. The molecule has 0 fully saturated rings. The van der Waals surface area contributed by atoms with Crippen molar-refractivity contribution in [3.8, 4) is 5.75 Å². The lowest BCUT2D eigenvalue weighted by Gasteiger charge is -2.23. The van der Waals surface area contributed by atoms with Crippen molar-refractivity contribution in [2.45, 2.75) is 5.25 Å². The fourth-order valence-corrected chi connectivity index (χ4v) is 4.04. The van der Waals surface area contributed by atoms with Crippen LogP contribution < -0.4 is 4.18 Å². The third-order valence-electron chi connectivity index (χ3n) is 2.98. The van der Waals surface area contributed by atoms with E-state index in [-0.39, 0.29) is 22.0 Å². The van der Waals surface area contributed by atoms with Crippen LogP contribution in [0.5, 0.6) is 5.75 Å². The third-order valence-corrected chi connectivity index (χ3v) is 5.00. The highest BCUT2D eigenvalue weighted by Crippen LogP contribution is 2.39. The van der Waals surface area contributed by atoms with Crippen molar-refractivity contribution in [1.29, 1.82) is 0 Å². The van der Waals surface area contributed by atoms with E-state index in [1.807, 2.05) is 0 Å². The van der Waals surface area contributed by atoms with Gasteiger partial charge in [-0.2, -0.15) is 8.42 Å². The van der Waals surface area contributed by atoms with Crippen LogP contribution in [0.25, 0.3) is 0 Å². The van der Waals surface area contributed by atoms with Gasteiger partial charge in [0.1, 0.15) is 0 Å². The van der Waals surface area contributed by atoms with E-state index in [4.69, 9.17) is 27.4 Å². The first-order valence-corrected chi connectivity index (χ1v) is 8.00. The third kappa shape index (κ3) is 2.39. The van der Waals surface area contributed by atoms with Crippen molar-refractivity contribution in [3.05, 3.63) is 57.8 Å². The molecule has 0 amide bonds. The van der Waals surface area contributed by atoms with Crippen LogP contribution in [0.15, 0.2) is 36.5 Å². The molecule has 3 rings (SSSR count). The van der Waals surface area contributed by atoms with Crippen molar-refractivity contribution in [2.24, 2.45) is 0 Å². The maximum atomic E-state index is 12.5. The lowest BCUT2D eigenvalue weighted by molar-refractivity contribution is 0.0971. The molecule has 0 aliphatic carbocycles. The number of fused-ring (bicyclic) bond motifs is 1. The molecule has 5 nitrogen and oxygen atoms in total. The summed E-state index contributed by atoms with van der Waals surface area (Å²) in [5.74, 6) is -0.759. The van der Waals surface area contributed by atoms with E-state index in [1.54, 1.807) is 0 Å². The number of pyridine rings is 1. The standard InChI is InChI=1S/C13H7Cl2NO4S/c14-7-3-4-8(9(15)6-7)13-12(17)11-10(2-1-5-16-11)20-21(13,18)19/h1-6,13H. The zero-order chi connectivity index (χ0) is 15.2. The van der Waals surface area contributed by atoms with Gasteiger partial charge < -0.3 is 4.18 Å². The van der Waals surface area contributed by atoms with Crippen LogP contribution in [0, 0.1) is 0 Å². The zero-order valence-electron chi connectivity index (χ0n) is 10.3. The van der Waals surface area contributed by atoms with Crippen LogP contribution in [0.1, 0.15) is 21.3 Å². The van der Waals surface area contributed by atoms with Gasteiger partial charge in [-0.3, -0.25) is 4.79 Å². The predicted molar refractivity (Wildman–Crippen MR) is 77.3 cm³/mol. The number of carbonyl (C=O) groups excluding carboxylic acids is 1. The van der Waals surface area contributed by atoms with Gasteiger partial charge >= 0.3 is 10.1 Å². The predicted octanol–water partition coefficient (Wildman–Crippen LogP) is 3.03. The number of rotatable bonds is 1. The molecule has 1 aromatic carbocycles. The van der Waals surface area contributed by atoms with Gasteiger partial charge in [0.15, 0.2) is 16.7 Å². The molecule has 0 saturated heterocycles. The molecule has 1 aromatic heterocycles. The Morgan fingerprint density at radius 1 is 1.19 bits per heavy atom. The maximum absolute atomic E-state index is 12.5. The molecule has 1 aliphatic rings. The van der Waals surface area contributed by atoms with Gasteiger partial charge in [-0.25, -0.2) is 4.98 Å². The number of hydrogen-bond donors (Lipinski definition) is 0. The SMILES string of the molecule is O=C1c2ncccc2OS(=O)(=O)C1c1ccc(Cl)cc1Cl. The summed E-state index contributed by atoms with van der Waals surface area (Å²) in [7, 11) is -4.19. The van der Waals surface area contributed by atoms with Gasteiger partial charge in [-0.15, -0.1) is 0 Å². The van der Waals surface area contributed by atoms with E-state index in [0.29, 0.717) is 5.02 Å².